The summed E-state index contributed by atoms with van der Waals surface area (Å²) in [5, 5.41) is 3.12. The molecule has 0 bridgehead atoms. The lowest BCUT2D eigenvalue weighted by molar-refractivity contribution is -0.123. The van der Waals surface area contributed by atoms with Crippen LogP contribution in [0.4, 0.5) is 5.13 Å². The molecule has 1 amide bonds. The number of esters is 1. The van der Waals surface area contributed by atoms with Gasteiger partial charge in [-0.05, 0) is 44.2 Å². The fourth-order valence-electron chi connectivity index (χ4n) is 2.86. The van der Waals surface area contributed by atoms with Crippen molar-refractivity contribution in [1.82, 2.24) is 15.0 Å². The van der Waals surface area contributed by atoms with Gasteiger partial charge in [0.15, 0.2) is 11.2 Å². The summed E-state index contributed by atoms with van der Waals surface area (Å²) in [6, 6.07) is 10.6. The third kappa shape index (κ3) is 4.06. The Kier molecular flexibility index (Phi) is 5.53. The van der Waals surface area contributed by atoms with Crippen LogP contribution in [0.25, 0.3) is 21.3 Å². The molecule has 2 aromatic carbocycles. The zero-order valence-electron chi connectivity index (χ0n) is 16.3. The fraction of sp³-hybridized carbons (Fsp3) is 0.190. The largest absolute Gasteiger partial charge is 0.494 e. The maximum Gasteiger partial charge on any atom is 0.341 e. The molecule has 0 aliphatic carbocycles. The number of anilines is 1. The summed E-state index contributed by atoms with van der Waals surface area (Å²) >= 11 is 1.32. The Balaban J connectivity index is 1.46. The average molecular weight is 422 g/mol. The maximum atomic E-state index is 12.6. The van der Waals surface area contributed by atoms with Crippen molar-refractivity contribution in [2.24, 2.45) is 0 Å². The van der Waals surface area contributed by atoms with E-state index in [1.54, 1.807) is 24.4 Å². The van der Waals surface area contributed by atoms with Gasteiger partial charge in [0, 0.05) is 12.4 Å². The molecular weight excluding hydrogens is 404 g/mol. The first-order valence-corrected chi connectivity index (χ1v) is 10.1. The summed E-state index contributed by atoms with van der Waals surface area (Å²) in [6.45, 7) is 3.99. The number of ether oxygens (including phenoxy) is 2. The molecule has 0 aliphatic rings. The molecule has 2 aromatic heterocycles. The summed E-state index contributed by atoms with van der Waals surface area (Å²) < 4.78 is 11.7. The van der Waals surface area contributed by atoms with Gasteiger partial charge in [0.2, 0.25) is 0 Å². The van der Waals surface area contributed by atoms with Crippen molar-refractivity contribution in [3.63, 3.8) is 0 Å². The fourth-order valence-corrected chi connectivity index (χ4v) is 3.75. The van der Waals surface area contributed by atoms with Crippen LogP contribution in [0.2, 0.25) is 0 Å². The van der Waals surface area contributed by atoms with Gasteiger partial charge in [-0.1, -0.05) is 17.4 Å². The van der Waals surface area contributed by atoms with Crippen LogP contribution < -0.4 is 10.1 Å². The Morgan fingerprint density at radius 2 is 1.97 bits per heavy atom. The van der Waals surface area contributed by atoms with Gasteiger partial charge >= 0.3 is 5.97 Å². The number of amides is 1. The van der Waals surface area contributed by atoms with Crippen molar-refractivity contribution in [2.45, 2.75) is 20.0 Å². The van der Waals surface area contributed by atoms with E-state index in [4.69, 9.17) is 9.47 Å². The minimum atomic E-state index is -1.02. The Morgan fingerprint density at radius 1 is 1.13 bits per heavy atom. The molecule has 2 heterocycles. The van der Waals surface area contributed by atoms with E-state index in [0.29, 0.717) is 22.8 Å². The van der Waals surface area contributed by atoms with Gasteiger partial charge in [0.05, 0.1) is 27.9 Å². The molecule has 0 radical (unpaired) electrons. The number of hydrogen-bond acceptors (Lipinski definition) is 8. The van der Waals surface area contributed by atoms with Crippen molar-refractivity contribution in [1.29, 1.82) is 0 Å². The van der Waals surface area contributed by atoms with Crippen LogP contribution in [0.15, 0.2) is 48.8 Å². The van der Waals surface area contributed by atoms with Gasteiger partial charge in [0.1, 0.15) is 11.3 Å². The van der Waals surface area contributed by atoms with Crippen LogP contribution in [0, 0.1) is 0 Å². The minimum absolute atomic E-state index is 0.253. The number of nitrogens with one attached hydrogen (secondary N) is 1. The molecular formula is C21H18N4O4S. The van der Waals surface area contributed by atoms with Crippen molar-refractivity contribution in [3.05, 3.63) is 54.4 Å². The standard InChI is InChI=1S/C21H18N4O4S/c1-3-28-13-7-8-15-17(11-13)30-21(24-15)25-19(26)12(2)29-20(27)14-5-4-6-16-18(14)23-10-9-22-16/h4-12H,3H2,1-2H3,(H,24,25,26). The number of fused-ring (bicyclic) bond motifs is 2. The number of para-hydroxylation sites is 1. The minimum Gasteiger partial charge on any atom is -0.494 e. The van der Waals surface area contributed by atoms with E-state index in [1.165, 1.54) is 24.5 Å². The van der Waals surface area contributed by atoms with Crippen molar-refractivity contribution in [3.8, 4) is 5.75 Å². The SMILES string of the molecule is CCOc1ccc2nc(NC(=O)C(C)OC(=O)c3cccc4nccnc34)sc2c1. The third-order valence-corrected chi connectivity index (χ3v) is 5.21. The molecule has 30 heavy (non-hydrogen) atoms. The second-order valence-electron chi connectivity index (χ2n) is 6.35. The highest BCUT2D eigenvalue weighted by Crippen LogP contribution is 2.29. The quantitative estimate of drug-likeness (QED) is 0.471. The van der Waals surface area contributed by atoms with E-state index in [1.807, 2.05) is 25.1 Å². The molecule has 0 aliphatic heterocycles. The van der Waals surface area contributed by atoms with Crippen LogP contribution in [-0.4, -0.2) is 39.5 Å². The van der Waals surface area contributed by atoms with E-state index in [2.05, 4.69) is 20.3 Å². The van der Waals surface area contributed by atoms with Crippen LogP contribution in [0.3, 0.4) is 0 Å². The number of rotatable bonds is 6. The molecule has 152 valence electrons. The zero-order chi connectivity index (χ0) is 21.1. The van der Waals surface area contributed by atoms with Gasteiger partial charge in [-0.2, -0.15) is 0 Å². The molecule has 8 nitrogen and oxygen atoms in total. The smallest absolute Gasteiger partial charge is 0.341 e. The monoisotopic (exact) mass is 422 g/mol. The van der Waals surface area contributed by atoms with Crippen molar-refractivity contribution < 1.29 is 19.1 Å². The Hall–Kier alpha value is -3.59. The Morgan fingerprint density at radius 3 is 2.80 bits per heavy atom. The molecule has 0 saturated carbocycles. The molecule has 0 saturated heterocycles. The number of hydrogen-bond donors (Lipinski definition) is 1. The van der Waals surface area contributed by atoms with Crippen LogP contribution in [0.1, 0.15) is 24.2 Å². The van der Waals surface area contributed by atoms with E-state index < -0.39 is 18.0 Å². The molecule has 1 atom stereocenters. The predicted molar refractivity (Wildman–Crippen MR) is 114 cm³/mol. The summed E-state index contributed by atoms with van der Waals surface area (Å²) in [6.07, 6.45) is 2.03. The second kappa shape index (κ2) is 8.42. The molecule has 0 spiro atoms. The topological polar surface area (TPSA) is 103 Å². The van der Waals surface area contributed by atoms with E-state index in [9.17, 15) is 9.59 Å². The predicted octanol–water partition coefficient (Wildman–Crippen LogP) is 3.82. The lowest BCUT2D eigenvalue weighted by atomic mass is 10.2. The number of thiazole rings is 1. The Bertz CT molecular complexity index is 1230. The second-order valence-corrected chi connectivity index (χ2v) is 7.38. The van der Waals surface area contributed by atoms with Gasteiger partial charge in [0.25, 0.3) is 5.91 Å². The lowest BCUT2D eigenvalue weighted by Crippen LogP contribution is -2.30. The number of carbonyl (C=O) groups excluding carboxylic acids is 2. The Labute approximate surface area is 175 Å². The van der Waals surface area contributed by atoms with Gasteiger partial charge in [-0.25, -0.2) is 9.78 Å². The normalized spacial score (nSPS) is 11.9. The summed E-state index contributed by atoms with van der Waals surface area (Å²) in [7, 11) is 0. The van der Waals surface area contributed by atoms with E-state index in [-0.39, 0.29) is 5.56 Å². The van der Waals surface area contributed by atoms with Gasteiger partial charge in [-0.3, -0.25) is 20.1 Å². The summed E-state index contributed by atoms with van der Waals surface area (Å²) in [5.41, 5.74) is 2.00. The highest BCUT2D eigenvalue weighted by molar-refractivity contribution is 7.22. The highest BCUT2D eigenvalue weighted by Gasteiger charge is 2.22. The zero-order valence-corrected chi connectivity index (χ0v) is 17.1. The summed E-state index contributed by atoms with van der Waals surface area (Å²) in [5.74, 6) is -0.375. The highest BCUT2D eigenvalue weighted by atomic mass is 32.1. The van der Waals surface area contributed by atoms with Crippen molar-refractivity contribution in [2.75, 3.05) is 11.9 Å². The molecule has 4 aromatic rings. The first-order chi connectivity index (χ1) is 14.5. The van der Waals surface area contributed by atoms with Crippen LogP contribution in [0.5, 0.6) is 5.75 Å². The number of carbonyl (C=O) groups is 2. The first kappa shape index (κ1) is 19.7. The lowest BCUT2D eigenvalue weighted by Gasteiger charge is -2.13. The molecule has 9 heteroatoms. The van der Waals surface area contributed by atoms with E-state index in [0.717, 1.165) is 16.0 Å². The number of benzene rings is 2. The third-order valence-electron chi connectivity index (χ3n) is 4.27. The van der Waals surface area contributed by atoms with Crippen LogP contribution in [-0.2, 0) is 9.53 Å². The maximum absolute atomic E-state index is 12.6. The van der Waals surface area contributed by atoms with Gasteiger partial charge < -0.3 is 9.47 Å². The first-order valence-electron chi connectivity index (χ1n) is 9.30. The molecule has 1 unspecified atom stereocenters. The van der Waals surface area contributed by atoms with Crippen LogP contribution >= 0.6 is 11.3 Å². The number of nitrogens with zero attached hydrogens (tertiary/aromatic N) is 3. The number of aromatic nitrogens is 3. The molecule has 0 fully saturated rings. The van der Waals surface area contributed by atoms with Gasteiger partial charge in [-0.15, -0.1) is 0 Å². The van der Waals surface area contributed by atoms with Crippen molar-refractivity contribution >= 4 is 49.6 Å². The summed E-state index contributed by atoms with van der Waals surface area (Å²) in [4.78, 5) is 37.8. The van der Waals surface area contributed by atoms with E-state index >= 15 is 0 Å². The molecule has 4 rings (SSSR count). The average Bonchev–Trinajstić information content (AvgIpc) is 3.15. The molecule has 1 N–H and O–H groups in total.